The van der Waals surface area contributed by atoms with Crippen LogP contribution in [0.4, 0.5) is 5.82 Å². The van der Waals surface area contributed by atoms with E-state index in [0.29, 0.717) is 4.73 Å². The molecule has 0 aliphatic heterocycles. The Morgan fingerprint density at radius 2 is 1.94 bits per heavy atom. The number of anilines is 1. The molecule has 88 valence electrons. The van der Waals surface area contributed by atoms with Gasteiger partial charge in [-0.2, -0.15) is 0 Å². The SMILES string of the molecule is Nc1cc(=O)n(OCc2ccccc2)c(=O)[nH]1. The number of H-pyrrole nitrogens is 1. The summed E-state index contributed by atoms with van der Waals surface area (Å²) in [5, 5.41) is 0. The van der Waals surface area contributed by atoms with Gasteiger partial charge in [-0.05, 0) is 5.56 Å². The lowest BCUT2D eigenvalue weighted by atomic mass is 10.2. The molecule has 6 nitrogen and oxygen atoms in total. The maximum atomic E-state index is 11.4. The van der Waals surface area contributed by atoms with Gasteiger partial charge in [0.1, 0.15) is 12.4 Å². The summed E-state index contributed by atoms with van der Waals surface area (Å²) in [5.74, 6) is 0.0135. The van der Waals surface area contributed by atoms with Crippen LogP contribution in [0.5, 0.6) is 0 Å². The molecular weight excluding hydrogens is 222 g/mol. The lowest BCUT2D eigenvalue weighted by Gasteiger charge is -2.06. The van der Waals surface area contributed by atoms with Crippen LogP contribution in [0.3, 0.4) is 0 Å². The van der Waals surface area contributed by atoms with Crippen molar-refractivity contribution in [2.75, 3.05) is 5.73 Å². The number of rotatable bonds is 3. The van der Waals surface area contributed by atoms with Gasteiger partial charge < -0.3 is 10.6 Å². The topological polar surface area (TPSA) is 90.1 Å². The molecule has 0 atom stereocenters. The normalized spacial score (nSPS) is 10.1. The summed E-state index contributed by atoms with van der Waals surface area (Å²) in [5.41, 5.74) is 4.88. The first kappa shape index (κ1) is 11.0. The molecule has 0 amide bonds. The zero-order chi connectivity index (χ0) is 12.3. The lowest BCUT2D eigenvalue weighted by molar-refractivity contribution is 0.0792. The van der Waals surface area contributed by atoms with Crippen molar-refractivity contribution in [3.05, 3.63) is 62.8 Å². The van der Waals surface area contributed by atoms with Crippen molar-refractivity contribution in [2.24, 2.45) is 0 Å². The Kier molecular flexibility index (Phi) is 2.95. The molecule has 1 heterocycles. The highest BCUT2D eigenvalue weighted by atomic mass is 16.7. The van der Waals surface area contributed by atoms with Crippen molar-refractivity contribution >= 4 is 5.82 Å². The third kappa shape index (κ3) is 2.54. The van der Waals surface area contributed by atoms with Crippen LogP contribution in [-0.2, 0) is 6.61 Å². The Hall–Kier alpha value is -2.50. The van der Waals surface area contributed by atoms with E-state index < -0.39 is 11.2 Å². The van der Waals surface area contributed by atoms with Gasteiger partial charge in [0.25, 0.3) is 5.56 Å². The highest BCUT2D eigenvalue weighted by Gasteiger charge is 2.03. The average molecular weight is 233 g/mol. The molecule has 0 saturated carbocycles. The van der Waals surface area contributed by atoms with Crippen LogP contribution in [0.25, 0.3) is 0 Å². The van der Waals surface area contributed by atoms with E-state index in [1.165, 1.54) is 0 Å². The average Bonchev–Trinajstić information content (AvgIpc) is 2.29. The molecule has 0 spiro atoms. The second kappa shape index (κ2) is 4.56. The summed E-state index contributed by atoms with van der Waals surface area (Å²) < 4.78 is 0.642. The van der Waals surface area contributed by atoms with Crippen LogP contribution in [0.2, 0.25) is 0 Å². The van der Waals surface area contributed by atoms with Gasteiger partial charge in [0.05, 0.1) is 0 Å². The van der Waals surface area contributed by atoms with E-state index in [1.54, 1.807) is 0 Å². The van der Waals surface area contributed by atoms with Gasteiger partial charge in [0.2, 0.25) is 0 Å². The van der Waals surface area contributed by atoms with Crippen LogP contribution in [-0.4, -0.2) is 9.71 Å². The molecule has 2 rings (SSSR count). The van der Waals surface area contributed by atoms with E-state index in [4.69, 9.17) is 10.6 Å². The van der Waals surface area contributed by atoms with Gasteiger partial charge in [-0.15, -0.1) is 0 Å². The Balaban J connectivity index is 2.21. The van der Waals surface area contributed by atoms with Crippen LogP contribution in [0, 0.1) is 0 Å². The zero-order valence-electron chi connectivity index (χ0n) is 8.92. The molecule has 0 bridgehead atoms. The summed E-state index contributed by atoms with van der Waals surface area (Å²) in [4.78, 5) is 30.2. The number of aromatic nitrogens is 2. The minimum atomic E-state index is -0.689. The van der Waals surface area contributed by atoms with Crippen molar-refractivity contribution in [3.63, 3.8) is 0 Å². The minimum Gasteiger partial charge on any atom is -0.401 e. The molecular formula is C11H11N3O3. The molecule has 0 aliphatic rings. The number of nitrogens with two attached hydrogens (primary N) is 1. The molecule has 6 heteroatoms. The lowest BCUT2D eigenvalue weighted by Crippen LogP contribution is -2.39. The summed E-state index contributed by atoms with van der Waals surface area (Å²) >= 11 is 0. The summed E-state index contributed by atoms with van der Waals surface area (Å²) in [7, 11) is 0. The predicted molar refractivity (Wildman–Crippen MR) is 62.5 cm³/mol. The molecule has 1 aromatic heterocycles. The number of aromatic amines is 1. The second-order valence-corrected chi connectivity index (χ2v) is 3.42. The molecule has 0 saturated heterocycles. The maximum Gasteiger partial charge on any atom is 0.363 e. The molecule has 0 radical (unpaired) electrons. The van der Waals surface area contributed by atoms with Crippen molar-refractivity contribution in [3.8, 4) is 0 Å². The number of hydrogen-bond donors (Lipinski definition) is 2. The number of nitrogens with zero attached hydrogens (tertiary/aromatic N) is 1. The highest BCUT2D eigenvalue weighted by Crippen LogP contribution is 1.97. The molecule has 3 N–H and O–H groups in total. The number of nitrogen functional groups attached to an aromatic ring is 1. The molecule has 0 unspecified atom stereocenters. The third-order valence-electron chi connectivity index (χ3n) is 2.12. The fraction of sp³-hybridized carbons (Fsp3) is 0.0909. The van der Waals surface area contributed by atoms with Gasteiger partial charge in [-0.25, -0.2) is 4.79 Å². The predicted octanol–water partition coefficient (Wildman–Crippen LogP) is -0.252. The van der Waals surface area contributed by atoms with Gasteiger partial charge in [-0.3, -0.25) is 9.78 Å². The Morgan fingerprint density at radius 1 is 1.24 bits per heavy atom. The third-order valence-corrected chi connectivity index (χ3v) is 2.12. The van der Waals surface area contributed by atoms with E-state index in [1.807, 2.05) is 30.3 Å². The smallest absolute Gasteiger partial charge is 0.363 e. The van der Waals surface area contributed by atoms with Crippen molar-refractivity contribution in [1.82, 2.24) is 9.71 Å². The van der Waals surface area contributed by atoms with E-state index in [0.717, 1.165) is 11.6 Å². The molecule has 2 aromatic rings. The van der Waals surface area contributed by atoms with Crippen LogP contribution < -0.4 is 21.8 Å². The Morgan fingerprint density at radius 3 is 2.59 bits per heavy atom. The highest BCUT2D eigenvalue weighted by molar-refractivity contribution is 5.23. The van der Waals surface area contributed by atoms with Crippen molar-refractivity contribution in [2.45, 2.75) is 6.61 Å². The molecule has 17 heavy (non-hydrogen) atoms. The quantitative estimate of drug-likeness (QED) is 0.764. The van der Waals surface area contributed by atoms with E-state index in [2.05, 4.69) is 4.98 Å². The fourth-order valence-electron chi connectivity index (χ4n) is 1.34. The van der Waals surface area contributed by atoms with Crippen LogP contribution in [0.15, 0.2) is 46.0 Å². The van der Waals surface area contributed by atoms with Gasteiger partial charge in [0, 0.05) is 6.07 Å². The summed E-state index contributed by atoms with van der Waals surface area (Å²) in [6, 6.07) is 10.3. The van der Waals surface area contributed by atoms with Gasteiger partial charge in [0.15, 0.2) is 0 Å². The number of nitrogens with one attached hydrogen (secondary N) is 1. The van der Waals surface area contributed by atoms with Gasteiger partial charge >= 0.3 is 5.69 Å². The second-order valence-electron chi connectivity index (χ2n) is 3.42. The first-order chi connectivity index (χ1) is 8.16. The maximum absolute atomic E-state index is 11.4. The first-order valence-electron chi connectivity index (χ1n) is 4.96. The number of hydrogen-bond acceptors (Lipinski definition) is 4. The summed E-state index contributed by atoms with van der Waals surface area (Å²) in [6.07, 6.45) is 0. The van der Waals surface area contributed by atoms with Crippen molar-refractivity contribution in [1.29, 1.82) is 0 Å². The molecule has 0 aliphatic carbocycles. The fourth-order valence-corrected chi connectivity index (χ4v) is 1.34. The van der Waals surface area contributed by atoms with Crippen LogP contribution in [0.1, 0.15) is 5.56 Å². The monoisotopic (exact) mass is 233 g/mol. The van der Waals surface area contributed by atoms with Crippen molar-refractivity contribution < 1.29 is 4.84 Å². The Labute approximate surface area is 96.2 Å². The number of benzene rings is 1. The largest absolute Gasteiger partial charge is 0.401 e. The van der Waals surface area contributed by atoms with Crippen LogP contribution >= 0.6 is 0 Å². The minimum absolute atomic E-state index is 0.0135. The Bertz CT molecular complexity index is 585. The van der Waals surface area contributed by atoms with E-state index >= 15 is 0 Å². The first-order valence-corrected chi connectivity index (χ1v) is 4.96. The summed E-state index contributed by atoms with van der Waals surface area (Å²) in [6.45, 7) is 0.133. The molecule has 1 aromatic carbocycles. The zero-order valence-corrected chi connectivity index (χ0v) is 8.92. The standard InChI is InChI=1S/C11H11N3O3/c12-9-6-10(15)14(11(16)13-9)17-7-8-4-2-1-3-5-8/h1-6H,7,12H2,(H,13,16). The molecule has 0 fully saturated rings. The van der Waals surface area contributed by atoms with E-state index in [9.17, 15) is 9.59 Å². The van der Waals surface area contributed by atoms with E-state index in [-0.39, 0.29) is 12.4 Å². The van der Waals surface area contributed by atoms with Gasteiger partial charge in [-0.1, -0.05) is 35.1 Å².